The van der Waals surface area contributed by atoms with Crippen LogP contribution in [0.5, 0.6) is 0 Å². The molecule has 1 saturated carbocycles. The molecule has 1 aliphatic carbocycles. The average molecular weight is 167 g/mol. The lowest BCUT2D eigenvalue weighted by Crippen LogP contribution is -2.21. The Labute approximate surface area is 73.4 Å². The van der Waals surface area contributed by atoms with E-state index in [9.17, 15) is 5.11 Å². The van der Waals surface area contributed by atoms with Crippen LogP contribution in [0.1, 0.15) is 33.1 Å². The number of aliphatic hydroxyl groups is 1. The second kappa shape index (κ2) is 3.27. The van der Waals surface area contributed by atoms with E-state index in [4.69, 9.17) is 1.37 Å². The van der Waals surface area contributed by atoms with Crippen LogP contribution < -0.4 is 0 Å². The van der Waals surface area contributed by atoms with Crippen LogP contribution in [0.2, 0.25) is 0 Å². The van der Waals surface area contributed by atoms with Crippen molar-refractivity contribution in [1.82, 2.24) is 9.78 Å². The van der Waals surface area contributed by atoms with Crippen LogP contribution in [0.15, 0.2) is 18.4 Å². The van der Waals surface area contributed by atoms with E-state index in [-0.39, 0.29) is 6.10 Å². The molecule has 3 nitrogen and oxygen atoms in total. The summed E-state index contributed by atoms with van der Waals surface area (Å²) in [7, 11) is 0. The third-order valence-electron chi connectivity index (χ3n) is 2.51. The predicted molar refractivity (Wildman–Crippen MR) is 45.7 cm³/mol. The van der Waals surface area contributed by atoms with Crippen molar-refractivity contribution in [2.75, 3.05) is 0 Å². The predicted octanol–water partition coefficient (Wildman–Crippen LogP) is 1.36. The van der Waals surface area contributed by atoms with Gasteiger partial charge in [-0.3, -0.25) is 4.68 Å². The summed E-state index contributed by atoms with van der Waals surface area (Å²) in [6.07, 6.45) is 6.86. The highest BCUT2D eigenvalue weighted by atomic mass is 16.3. The molecular weight excluding hydrogens is 152 g/mol. The quantitative estimate of drug-likeness (QED) is 0.685. The van der Waals surface area contributed by atoms with E-state index in [2.05, 4.69) is 5.10 Å². The van der Waals surface area contributed by atoms with Crippen molar-refractivity contribution in [3.63, 3.8) is 0 Å². The van der Waals surface area contributed by atoms with E-state index in [0.717, 1.165) is 25.7 Å². The van der Waals surface area contributed by atoms with Crippen molar-refractivity contribution in [2.24, 2.45) is 0 Å². The summed E-state index contributed by atoms with van der Waals surface area (Å²) in [5, 5.41) is 13.4. The molecule has 2 rings (SSSR count). The second-order valence-corrected chi connectivity index (χ2v) is 3.38. The maximum absolute atomic E-state index is 9.31. The average Bonchev–Trinajstić information content (AvgIpc) is 2.53. The Kier molecular flexibility index (Phi) is 1.82. The van der Waals surface area contributed by atoms with E-state index in [1.54, 1.807) is 12.4 Å². The Balaban J connectivity index is 2.02. The molecule has 66 valence electrons. The first-order chi connectivity index (χ1) is 6.25. The Hall–Kier alpha value is -0.830. The van der Waals surface area contributed by atoms with Crippen LogP contribution in [0.3, 0.4) is 0 Å². The minimum atomic E-state index is -0.123. The van der Waals surface area contributed by atoms with Crippen LogP contribution in [0.4, 0.5) is 0 Å². The lowest BCUT2D eigenvalue weighted by Gasteiger charge is -2.25. The fourth-order valence-corrected chi connectivity index (χ4v) is 1.77. The van der Waals surface area contributed by atoms with Crippen LogP contribution in [0.25, 0.3) is 0 Å². The molecule has 1 aromatic rings. The van der Waals surface area contributed by atoms with Gasteiger partial charge in [-0.15, -0.1) is 0 Å². The summed E-state index contributed by atoms with van der Waals surface area (Å²) in [6, 6.07) is 0.855. The number of aliphatic hydroxyl groups excluding tert-OH is 1. The number of hydrogen-bond acceptors (Lipinski definition) is 2. The molecule has 1 fully saturated rings. The van der Waals surface area contributed by atoms with Crippen LogP contribution in [-0.4, -0.2) is 21.0 Å². The van der Waals surface area contributed by atoms with Gasteiger partial charge in [0, 0.05) is 12.4 Å². The lowest BCUT2D eigenvalue weighted by atomic mass is 9.93. The van der Waals surface area contributed by atoms with Gasteiger partial charge in [-0.1, -0.05) is 0 Å². The maximum atomic E-state index is 9.31. The first-order valence-electron chi connectivity index (χ1n) is 4.94. The Morgan fingerprint density at radius 3 is 2.75 bits per heavy atom. The van der Waals surface area contributed by atoms with E-state index < -0.39 is 0 Å². The van der Waals surface area contributed by atoms with Crippen molar-refractivity contribution < 1.29 is 6.48 Å². The topological polar surface area (TPSA) is 38.0 Å². The van der Waals surface area contributed by atoms with E-state index in [1.165, 1.54) is 0 Å². The number of nitrogens with zero attached hydrogens (tertiary/aromatic N) is 2. The fraction of sp³-hybridized carbons (Fsp3) is 0.667. The molecule has 0 bridgehead atoms. The molecule has 1 aliphatic rings. The molecular formula is C9H14N2O. The molecule has 1 heterocycles. The third-order valence-corrected chi connectivity index (χ3v) is 2.51. The van der Waals surface area contributed by atoms with E-state index in [0.29, 0.717) is 12.1 Å². The molecule has 0 aromatic carbocycles. The van der Waals surface area contributed by atoms with Crippen molar-refractivity contribution >= 4 is 0 Å². The van der Waals surface area contributed by atoms with Crippen LogP contribution in [-0.2, 0) is 0 Å². The molecule has 1 aromatic heterocycles. The summed E-state index contributed by atoms with van der Waals surface area (Å²) < 4.78 is 9.20. The highest BCUT2D eigenvalue weighted by Gasteiger charge is 2.20. The molecule has 1 N–H and O–H groups in total. The minimum absolute atomic E-state index is 0.123. The zero-order valence-electron chi connectivity index (χ0n) is 7.98. The van der Waals surface area contributed by atoms with Gasteiger partial charge in [0.05, 0.1) is 13.5 Å². The number of rotatable bonds is 1. The van der Waals surface area contributed by atoms with E-state index >= 15 is 0 Å². The van der Waals surface area contributed by atoms with Crippen molar-refractivity contribution in [3.8, 4) is 0 Å². The monoisotopic (exact) mass is 167 g/mol. The SMILES string of the molecule is [2H]c1cnn(C2CCC(O)CC2)c1. The summed E-state index contributed by atoms with van der Waals surface area (Å²) in [4.78, 5) is 0. The van der Waals surface area contributed by atoms with E-state index in [1.807, 2.05) is 4.68 Å². The van der Waals surface area contributed by atoms with Gasteiger partial charge in [-0.2, -0.15) is 5.10 Å². The van der Waals surface area contributed by atoms with Gasteiger partial charge in [-0.25, -0.2) is 0 Å². The summed E-state index contributed by atoms with van der Waals surface area (Å²) in [5.74, 6) is 0. The molecule has 3 heteroatoms. The van der Waals surface area contributed by atoms with Gasteiger partial charge in [0.15, 0.2) is 0 Å². The third kappa shape index (κ3) is 1.50. The first-order valence-corrected chi connectivity index (χ1v) is 4.44. The largest absolute Gasteiger partial charge is 0.393 e. The lowest BCUT2D eigenvalue weighted by molar-refractivity contribution is 0.108. The zero-order valence-corrected chi connectivity index (χ0v) is 6.98. The first kappa shape index (κ1) is 6.66. The highest BCUT2D eigenvalue weighted by molar-refractivity contribution is 4.84. The Morgan fingerprint density at radius 1 is 1.42 bits per heavy atom. The maximum Gasteiger partial charge on any atom is 0.0656 e. The molecule has 0 amide bonds. The minimum Gasteiger partial charge on any atom is -0.393 e. The van der Waals surface area contributed by atoms with Gasteiger partial charge >= 0.3 is 0 Å². The molecule has 12 heavy (non-hydrogen) atoms. The standard InChI is InChI=1S/C9H14N2O/c12-9-4-2-8(3-5-9)11-7-1-6-10-11/h1,6-9,12H,2-5H2/i1D. The smallest absolute Gasteiger partial charge is 0.0656 e. The van der Waals surface area contributed by atoms with Gasteiger partial charge in [0.25, 0.3) is 0 Å². The summed E-state index contributed by atoms with van der Waals surface area (Å²) in [6.45, 7) is 0. The highest BCUT2D eigenvalue weighted by Crippen LogP contribution is 2.27. The Bertz CT molecular complexity index is 279. The molecule has 0 saturated heterocycles. The van der Waals surface area contributed by atoms with Gasteiger partial charge in [-0.05, 0) is 31.7 Å². The molecule has 0 radical (unpaired) electrons. The van der Waals surface area contributed by atoms with Gasteiger partial charge in [0.1, 0.15) is 0 Å². The fourth-order valence-electron chi connectivity index (χ4n) is 1.77. The number of hydrogen-bond donors (Lipinski definition) is 1. The molecule has 0 unspecified atom stereocenters. The number of aromatic nitrogens is 2. The molecule has 0 aliphatic heterocycles. The van der Waals surface area contributed by atoms with Gasteiger partial charge in [0.2, 0.25) is 0 Å². The summed E-state index contributed by atoms with van der Waals surface area (Å²) in [5.41, 5.74) is 0. The normalized spacial score (nSPS) is 31.6. The van der Waals surface area contributed by atoms with Crippen molar-refractivity contribution in [2.45, 2.75) is 37.8 Å². The molecule has 0 atom stereocenters. The second-order valence-electron chi connectivity index (χ2n) is 3.38. The van der Waals surface area contributed by atoms with Crippen molar-refractivity contribution in [1.29, 1.82) is 0 Å². The van der Waals surface area contributed by atoms with Gasteiger partial charge < -0.3 is 5.11 Å². The molecule has 0 spiro atoms. The van der Waals surface area contributed by atoms with Crippen LogP contribution >= 0.6 is 0 Å². The zero-order chi connectivity index (χ0) is 9.26. The van der Waals surface area contributed by atoms with Crippen molar-refractivity contribution in [3.05, 3.63) is 18.4 Å². The van der Waals surface area contributed by atoms with Crippen LogP contribution in [0, 0.1) is 0 Å². The summed E-state index contributed by atoms with van der Waals surface area (Å²) >= 11 is 0. The Morgan fingerprint density at radius 2 is 2.17 bits per heavy atom.